The van der Waals surface area contributed by atoms with Gasteiger partial charge in [0, 0.05) is 51.7 Å². The number of rotatable bonds is 8. The molecule has 2 fully saturated rings. The molecule has 2 saturated heterocycles. The topological polar surface area (TPSA) is 63.9 Å². The first-order chi connectivity index (χ1) is 13.3. The molecule has 0 amide bonds. The molecule has 3 heterocycles. The standard InChI is InChI=1S/C20H35N5O2/c1-2-21-20(22-10-5-12-25-13-6-11-23-25)24-14-8-18(9-15-24)27-17-19-7-3-4-16-26-19/h6,11,13,18-19H,2-5,7-10,12,14-17H2,1H3,(H,21,22). The Morgan fingerprint density at radius 3 is 2.89 bits per heavy atom. The lowest BCUT2D eigenvalue weighted by atomic mass is 10.1. The molecule has 7 heteroatoms. The van der Waals surface area contributed by atoms with Gasteiger partial charge in [0.25, 0.3) is 0 Å². The Balaban J connectivity index is 1.37. The molecule has 27 heavy (non-hydrogen) atoms. The van der Waals surface area contributed by atoms with E-state index in [1.165, 1.54) is 12.8 Å². The predicted molar refractivity (Wildman–Crippen MR) is 107 cm³/mol. The van der Waals surface area contributed by atoms with Crippen LogP contribution in [0.3, 0.4) is 0 Å². The molecule has 1 aromatic heterocycles. The van der Waals surface area contributed by atoms with Crippen molar-refractivity contribution in [3.05, 3.63) is 18.5 Å². The zero-order valence-electron chi connectivity index (χ0n) is 16.7. The highest BCUT2D eigenvalue weighted by atomic mass is 16.5. The molecule has 0 saturated carbocycles. The summed E-state index contributed by atoms with van der Waals surface area (Å²) < 4.78 is 13.9. The summed E-state index contributed by atoms with van der Waals surface area (Å²) in [6.45, 7) is 8.41. The Kier molecular flexibility index (Phi) is 8.42. The van der Waals surface area contributed by atoms with Crippen molar-refractivity contribution in [1.82, 2.24) is 20.0 Å². The van der Waals surface area contributed by atoms with E-state index in [-0.39, 0.29) is 0 Å². The van der Waals surface area contributed by atoms with Crippen LogP contribution in [0.2, 0.25) is 0 Å². The van der Waals surface area contributed by atoms with Crippen LogP contribution in [0.1, 0.15) is 45.4 Å². The van der Waals surface area contributed by atoms with Gasteiger partial charge >= 0.3 is 0 Å². The number of hydrogen-bond acceptors (Lipinski definition) is 4. The zero-order chi connectivity index (χ0) is 18.7. The van der Waals surface area contributed by atoms with Crippen molar-refractivity contribution in [1.29, 1.82) is 0 Å². The number of aliphatic imine (C=N–C) groups is 1. The van der Waals surface area contributed by atoms with Crippen LogP contribution >= 0.6 is 0 Å². The summed E-state index contributed by atoms with van der Waals surface area (Å²) in [4.78, 5) is 7.18. The molecule has 1 aromatic rings. The van der Waals surface area contributed by atoms with E-state index >= 15 is 0 Å². The number of likely N-dealkylation sites (tertiary alicyclic amines) is 1. The van der Waals surface area contributed by atoms with E-state index in [4.69, 9.17) is 14.5 Å². The van der Waals surface area contributed by atoms with Crippen LogP contribution in [-0.2, 0) is 16.0 Å². The summed E-state index contributed by atoms with van der Waals surface area (Å²) in [7, 11) is 0. The van der Waals surface area contributed by atoms with Gasteiger partial charge in [-0.15, -0.1) is 0 Å². The molecule has 7 nitrogen and oxygen atoms in total. The Morgan fingerprint density at radius 2 is 2.19 bits per heavy atom. The average molecular weight is 378 g/mol. The highest BCUT2D eigenvalue weighted by Crippen LogP contribution is 2.18. The van der Waals surface area contributed by atoms with Crippen LogP contribution in [0.4, 0.5) is 0 Å². The van der Waals surface area contributed by atoms with Gasteiger partial charge in [-0.25, -0.2) is 0 Å². The van der Waals surface area contributed by atoms with E-state index in [2.05, 4.69) is 22.2 Å². The Morgan fingerprint density at radius 1 is 1.30 bits per heavy atom. The molecule has 0 radical (unpaired) electrons. The van der Waals surface area contributed by atoms with Crippen LogP contribution in [0.15, 0.2) is 23.5 Å². The zero-order valence-corrected chi connectivity index (χ0v) is 16.7. The summed E-state index contributed by atoms with van der Waals surface area (Å²) >= 11 is 0. The van der Waals surface area contributed by atoms with Crippen LogP contribution in [-0.4, -0.2) is 72.2 Å². The molecular weight excluding hydrogens is 342 g/mol. The lowest BCUT2D eigenvalue weighted by molar-refractivity contribution is -0.0721. The maximum Gasteiger partial charge on any atom is 0.193 e. The first-order valence-corrected chi connectivity index (χ1v) is 10.6. The normalized spacial score (nSPS) is 22.2. The average Bonchev–Trinajstić information content (AvgIpc) is 3.24. The second-order valence-corrected chi connectivity index (χ2v) is 7.37. The van der Waals surface area contributed by atoms with Crippen molar-refractivity contribution in [2.24, 2.45) is 4.99 Å². The van der Waals surface area contributed by atoms with E-state index in [0.29, 0.717) is 12.2 Å². The molecule has 0 bridgehead atoms. The monoisotopic (exact) mass is 377 g/mol. The molecule has 1 unspecified atom stereocenters. The fourth-order valence-corrected chi connectivity index (χ4v) is 3.69. The molecule has 0 aliphatic carbocycles. The Hall–Kier alpha value is -1.60. The van der Waals surface area contributed by atoms with Crippen LogP contribution < -0.4 is 5.32 Å². The quantitative estimate of drug-likeness (QED) is 0.428. The minimum Gasteiger partial charge on any atom is -0.376 e. The highest BCUT2D eigenvalue weighted by molar-refractivity contribution is 5.80. The maximum absolute atomic E-state index is 6.13. The van der Waals surface area contributed by atoms with Crippen LogP contribution in [0, 0.1) is 0 Å². The van der Waals surface area contributed by atoms with Crippen molar-refractivity contribution >= 4 is 5.96 Å². The fraction of sp³-hybridized carbons (Fsp3) is 0.800. The number of aryl methyl sites for hydroxylation is 1. The van der Waals surface area contributed by atoms with Crippen molar-refractivity contribution in [2.75, 3.05) is 39.4 Å². The van der Waals surface area contributed by atoms with E-state index in [0.717, 1.165) is 77.6 Å². The summed E-state index contributed by atoms with van der Waals surface area (Å²) in [6, 6.07) is 1.96. The van der Waals surface area contributed by atoms with Gasteiger partial charge in [0.15, 0.2) is 5.96 Å². The fourth-order valence-electron chi connectivity index (χ4n) is 3.69. The maximum atomic E-state index is 6.13. The van der Waals surface area contributed by atoms with E-state index in [1.54, 1.807) is 0 Å². The van der Waals surface area contributed by atoms with Gasteiger partial charge in [-0.05, 0) is 51.5 Å². The highest BCUT2D eigenvalue weighted by Gasteiger charge is 2.23. The number of piperidine rings is 1. The SMILES string of the molecule is CCNC(=NCCCn1cccn1)N1CCC(OCC2CCCCO2)CC1. The van der Waals surface area contributed by atoms with Crippen LogP contribution in [0.25, 0.3) is 0 Å². The number of hydrogen-bond donors (Lipinski definition) is 1. The molecule has 0 aromatic carbocycles. The number of guanidine groups is 1. The summed E-state index contributed by atoms with van der Waals surface area (Å²) in [6.07, 6.45) is 11.2. The van der Waals surface area contributed by atoms with Gasteiger partial charge in [0.2, 0.25) is 0 Å². The smallest absolute Gasteiger partial charge is 0.193 e. The third-order valence-electron chi connectivity index (χ3n) is 5.23. The second kappa shape index (κ2) is 11.3. The van der Waals surface area contributed by atoms with Gasteiger partial charge in [0.1, 0.15) is 0 Å². The van der Waals surface area contributed by atoms with Gasteiger partial charge in [-0.1, -0.05) is 0 Å². The van der Waals surface area contributed by atoms with E-state index < -0.39 is 0 Å². The second-order valence-electron chi connectivity index (χ2n) is 7.37. The third-order valence-corrected chi connectivity index (χ3v) is 5.23. The Bertz CT molecular complexity index is 535. The Labute approximate surface area is 163 Å². The van der Waals surface area contributed by atoms with Gasteiger partial charge in [-0.3, -0.25) is 9.67 Å². The largest absolute Gasteiger partial charge is 0.376 e. The number of nitrogens with zero attached hydrogens (tertiary/aromatic N) is 4. The van der Waals surface area contributed by atoms with Gasteiger partial charge in [-0.2, -0.15) is 5.10 Å². The van der Waals surface area contributed by atoms with Crippen molar-refractivity contribution in [3.63, 3.8) is 0 Å². The van der Waals surface area contributed by atoms with Crippen molar-refractivity contribution in [3.8, 4) is 0 Å². The molecule has 0 spiro atoms. The molecule has 3 rings (SSSR count). The number of aromatic nitrogens is 2. The minimum absolute atomic E-state index is 0.311. The first-order valence-electron chi connectivity index (χ1n) is 10.6. The summed E-state index contributed by atoms with van der Waals surface area (Å²) in [5.41, 5.74) is 0. The molecule has 2 aliphatic rings. The minimum atomic E-state index is 0.311. The van der Waals surface area contributed by atoms with Gasteiger partial charge in [0.05, 0.1) is 18.8 Å². The van der Waals surface area contributed by atoms with Crippen molar-refractivity contribution < 1.29 is 9.47 Å². The van der Waals surface area contributed by atoms with Crippen molar-refractivity contribution in [2.45, 2.75) is 64.2 Å². The first kappa shape index (κ1) is 20.1. The van der Waals surface area contributed by atoms with E-state index in [9.17, 15) is 0 Å². The van der Waals surface area contributed by atoms with E-state index in [1.807, 2.05) is 23.1 Å². The predicted octanol–water partition coefficient (Wildman–Crippen LogP) is 2.29. The lowest BCUT2D eigenvalue weighted by Crippen LogP contribution is -2.47. The third kappa shape index (κ3) is 6.81. The summed E-state index contributed by atoms with van der Waals surface area (Å²) in [5.74, 6) is 1.03. The summed E-state index contributed by atoms with van der Waals surface area (Å²) in [5, 5.41) is 7.68. The molecular formula is C20H35N5O2. The number of nitrogens with one attached hydrogen (secondary N) is 1. The molecule has 2 aliphatic heterocycles. The lowest BCUT2D eigenvalue weighted by Gasteiger charge is -2.35. The van der Waals surface area contributed by atoms with Crippen LogP contribution in [0.5, 0.6) is 0 Å². The molecule has 1 atom stereocenters. The molecule has 1 N–H and O–H groups in total. The number of ether oxygens (including phenoxy) is 2. The van der Waals surface area contributed by atoms with Gasteiger partial charge < -0.3 is 19.7 Å². The molecule has 152 valence electrons.